The average Bonchev–Trinajstić information content (AvgIpc) is 2.87. The summed E-state index contributed by atoms with van der Waals surface area (Å²) in [6.45, 7) is 1.75. The molecule has 2 rings (SSSR count). The van der Waals surface area contributed by atoms with Crippen molar-refractivity contribution in [3.8, 4) is 0 Å². The number of amides is 1. The van der Waals surface area contributed by atoms with Crippen molar-refractivity contribution in [1.29, 1.82) is 0 Å². The Morgan fingerprint density at radius 3 is 3.21 bits per heavy atom. The Hall–Kier alpha value is -0.940. The third kappa shape index (κ3) is 1.78. The summed E-state index contributed by atoms with van der Waals surface area (Å²) in [6, 6.07) is 0. The molecule has 1 aromatic rings. The van der Waals surface area contributed by atoms with Gasteiger partial charge in [0.2, 0.25) is 5.91 Å². The van der Waals surface area contributed by atoms with Crippen LogP contribution in [-0.2, 0) is 4.79 Å². The lowest BCUT2D eigenvalue weighted by atomic mass is 10.1. The predicted octanol–water partition coefficient (Wildman–Crippen LogP) is 0.715. The standard InChI is InChI=1S/C9H13N3OS/c1-12(9-11-4-5-14-9)8(13)7-2-3-10-6-7/h4-5,7,10H,2-3,6H2,1H3/t7-/m0/s1. The van der Waals surface area contributed by atoms with Crippen LogP contribution >= 0.6 is 11.3 Å². The van der Waals surface area contributed by atoms with Crippen LogP contribution in [0.3, 0.4) is 0 Å². The van der Waals surface area contributed by atoms with E-state index in [0.29, 0.717) is 0 Å². The van der Waals surface area contributed by atoms with Gasteiger partial charge in [0, 0.05) is 25.2 Å². The maximum absolute atomic E-state index is 11.9. The number of hydrogen-bond donors (Lipinski definition) is 1. The van der Waals surface area contributed by atoms with Crippen LogP contribution in [0, 0.1) is 5.92 Å². The number of hydrogen-bond acceptors (Lipinski definition) is 4. The van der Waals surface area contributed by atoms with Crippen molar-refractivity contribution in [3.05, 3.63) is 11.6 Å². The molecule has 0 aromatic carbocycles. The monoisotopic (exact) mass is 211 g/mol. The third-order valence-electron chi connectivity index (χ3n) is 2.45. The Balaban J connectivity index is 2.04. The van der Waals surface area contributed by atoms with E-state index in [1.165, 1.54) is 11.3 Å². The van der Waals surface area contributed by atoms with Crippen molar-refractivity contribution in [3.63, 3.8) is 0 Å². The smallest absolute Gasteiger partial charge is 0.232 e. The first-order valence-electron chi connectivity index (χ1n) is 4.67. The molecule has 1 saturated heterocycles. The van der Waals surface area contributed by atoms with Crippen LogP contribution in [0.2, 0.25) is 0 Å². The first-order chi connectivity index (χ1) is 6.79. The van der Waals surface area contributed by atoms with Crippen LogP contribution in [0.15, 0.2) is 11.6 Å². The van der Waals surface area contributed by atoms with Crippen LogP contribution in [-0.4, -0.2) is 31.0 Å². The Bertz CT molecular complexity index is 306. The van der Waals surface area contributed by atoms with Crippen LogP contribution in [0.4, 0.5) is 5.13 Å². The summed E-state index contributed by atoms with van der Waals surface area (Å²) in [7, 11) is 1.79. The molecule has 14 heavy (non-hydrogen) atoms. The van der Waals surface area contributed by atoms with E-state index in [2.05, 4.69) is 10.3 Å². The molecule has 0 radical (unpaired) electrons. The number of anilines is 1. The minimum atomic E-state index is 0.129. The minimum absolute atomic E-state index is 0.129. The molecule has 5 heteroatoms. The molecule has 1 aliphatic heterocycles. The average molecular weight is 211 g/mol. The van der Waals surface area contributed by atoms with E-state index in [1.54, 1.807) is 18.1 Å². The van der Waals surface area contributed by atoms with Gasteiger partial charge in [0.25, 0.3) is 0 Å². The van der Waals surface area contributed by atoms with Crippen molar-refractivity contribution in [2.24, 2.45) is 5.92 Å². The maximum atomic E-state index is 11.9. The molecular weight excluding hydrogens is 198 g/mol. The van der Waals surface area contributed by atoms with E-state index in [0.717, 1.165) is 24.6 Å². The van der Waals surface area contributed by atoms with Gasteiger partial charge < -0.3 is 5.32 Å². The summed E-state index contributed by atoms with van der Waals surface area (Å²) < 4.78 is 0. The minimum Gasteiger partial charge on any atom is -0.316 e. The zero-order valence-corrected chi connectivity index (χ0v) is 8.88. The quantitative estimate of drug-likeness (QED) is 0.784. The number of carbonyl (C=O) groups is 1. The third-order valence-corrected chi connectivity index (χ3v) is 3.29. The normalized spacial score (nSPS) is 21.1. The summed E-state index contributed by atoms with van der Waals surface area (Å²) in [5.41, 5.74) is 0. The molecule has 1 N–H and O–H groups in total. The first kappa shape index (κ1) is 9.61. The van der Waals surface area contributed by atoms with Crippen LogP contribution in [0.1, 0.15) is 6.42 Å². The van der Waals surface area contributed by atoms with E-state index in [1.807, 2.05) is 5.38 Å². The maximum Gasteiger partial charge on any atom is 0.232 e. The van der Waals surface area contributed by atoms with Gasteiger partial charge in [-0.05, 0) is 13.0 Å². The van der Waals surface area contributed by atoms with Gasteiger partial charge >= 0.3 is 0 Å². The second kappa shape index (κ2) is 4.06. The molecular formula is C9H13N3OS. The van der Waals surface area contributed by atoms with Crippen molar-refractivity contribution in [2.75, 3.05) is 25.0 Å². The zero-order chi connectivity index (χ0) is 9.97. The molecule has 0 saturated carbocycles. The lowest BCUT2D eigenvalue weighted by molar-refractivity contribution is -0.121. The van der Waals surface area contributed by atoms with Crippen LogP contribution in [0.25, 0.3) is 0 Å². The lowest BCUT2D eigenvalue weighted by Gasteiger charge is -2.17. The highest BCUT2D eigenvalue weighted by molar-refractivity contribution is 7.13. The van der Waals surface area contributed by atoms with E-state index < -0.39 is 0 Å². The Kier molecular flexibility index (Phi) is 2.79. The number of carbonyl (C=O) groups excluding carboxylic acids is 1. The molecule has 1 amide bonds. The van der Waals surface area contributed by atoms with E-state index in [-0.39, 0.29) is 11.8 Å². The van der Waals surface area contributed by atoms with Gasteiger partial charge in [-0.15, -0.1) is 11.3 Å². The number of rotatable bonds is 2. The molecule has 0 unspecified atom stereocenters. The molecule has 4 nitrogen and oxygen atoms in total. The second-order valence-corrected chi connectivity index (χ2v) is 4.27. The highest BCUT2D eigenvalue weighted by Gasteiger charge is 2.26. The van der Waals surface area contributed by atoms with E-state index >= 15 is 0 Å². The van der Waals surface area contributed by atoms with Gasteiger partial charge in [-0.2, -0.15) is 0 Å². The van der Waals surface area contributed by atoms with Gasteiger partial charge in [-0.25, -0.2) is 4.98 Å². The van der Waals surface area contributed by atoms with Crippen molar-refractivity contribution in [2.45, 2.75) is 6.42 Å². The number of aromatic nitrogens is 1. The summed E-state index contributed by atoms with van der Waals surface area (Å²) in [4.78, 5) is 17.7. The van der Waals surface area contributed by atoms with Gasteiger partial charge in [-0.1, -0.05) is 0 Å². The number of nitrogens with zero attached hydrogens (tertiary/aromatic N) is 2. The van der Waals surface area contributed by atoms with Gasteiger partial charge in [0.15, 0.2) is 5.13 Å². The molecule has 1 fully saturated rings. The van der Waals surface area contributed by atoms with Crippen molar-refractivity contribution < 1.29 is 4.79 Å². The molecule has 0 spiro atoms. The second-order valence-electron chi connectivity index (χ2n) is 3.40. The zero-order valence-electron chi connectivity index (χ0n) is 8.06. The molecule has 1 aromatic heterocycles. The highest BCUT2D eigenvalue weighted by atomic mass is 32.1. The molecule has 0 bridgehead atoms. The van der Waals surface area contributed by atoms with Crippen LogP contribution in [0.5, 0.6) is 0 Å². The lowest BCUT2D eigenvalue weighted by Crippen LogP contribution is -2.33. The molecule has 1 aliphatic rings. The summed E-state index contributed by atoms with van der Waals surface area (Å²) in [5.74, 6) is 0.300. The number of thiazole rings is 1. The van der Waals surface area contributed by atoms with Gasteiger partial charge in [-0.3, -0.25) is 9.69 Å². The molecule has 76 valence electrons. The largest absolute Gasteiger partial charge is 0.316 e. The topological polar surface area (TPSA) is 45.2 Å². The summed E-state index contributed by atoms with van der Waals surface area (Å²) >= 11 is 1.49. The fraction of sp³-hybridized carbons (Fsp3) is 0.556. The fourth-order valence-corrected chi connectivity index (χ4v) is 2.23. The van der Waals surface area contributed by atoms with E-state index in [4.69, 9.17) is 0 Å². The van der Waals surface area contributed by atoms with Crippen molar-refractivity contribution >= 4 is 22.4 Å². The number of nitrogens with one attached hydrogen (secondary N) is 1. The molecule has 0 aliphatic carbocycles. The van der Waals surface area contributed by atoms with Crippen LogP contribution < -0.4 is 10.2 Å². The van der Waals surface area contributed by atoms with Gasteiger partial charge in [0.05, 0.1) is 5.92 Å². The van der Waals surface area contributed by atoms with Gasteiger partial charge in [0.1, 0.15) is 0 Å². The Morgan fingerprint density at radius 1 is 1.79 bits per heavy atom. The summed E-state index contributed by atoms with van der Waals surface area (Å²) in [5, 5.41) is 5.85. The Morgan fingerprint density at radius 2 is 2.64 bits per heavy atom. The SMILES string of the molecule is CN(C(=O)[C@H]1CCNC1)c1nccs1. The Labute approximate surface area is 86.9 Å². The predicted molar refractivity (Wildman–Crippen MR) is 56.5 cm³/mol. The molecule has 1 atom stereocenters. The van der Waals surface area contributed by atoms with E-state index in [9.17, 15) is 4.79 Å². The fourth-order valence-electron chi connectivity index (χ4n) is 1.62. The summed E-state index contributed by atoms with van der Waals surface area (Å²) in [6.07, 6.45) is 2.66. The molecule has 2 heterocycles. The highest BCUT2D eigenvalue weighted by Crippen LogP contribution is 2.19. The van der Waals surface area contributed by atoms with Crippen molar-refractivity contribution in [1.82, 2.24) is 10.3 Å². The first-order valence-corrected chi connectivity index (χ1v) is 5.55.